The van der Waals surface area contributed by atoms with Gasteiger partial charge in [-0.2, -0.15) is 5.10 Å². The van der Waals surface area contributed by atoms with Crippen LogP contribution in [0, 0.1) is 5.82 Å². The summed E-state index contributed by atoms with van der Waals surface area (Å²) < 4.78 is 23.6. The number of nitrogens with one attached hydrogen (secondary N) is 3. The lowest BCUT2D eigenvalue weighted by molar-refractivity contribution is -0.138. The predicted molar refractivity (Wildman–Crippen MR) is 103 cm³/mol. The topological polar surface area (TPSA) is 118 Å². The summed E-state index contributed by atoms with van der Waals surface area (Å²) in [7, 11) is 2.75. The van der Waals surface area contributed by atoms with Crippen LogP contribution in [0.15, 0.2) is 47.6 Å². The molecule has 0 unspecified atom stereocenters. The normalized spacial score (nSPS) is 10.3. The minimum atomic E-state index is -0.900. The molecule has 2 aromatic rings. The summed E-state index contributed by atoms with van der Waals surface area (Å²) >= 11 is 0. The fraction of sp³-hybridized carbons (Fsp3) is 0.158. The molecule has 0 aromatic heterocycles. The van der Waals surface area contributed by atoms with Crippen LogP contribution in [0.5, 0.6) is 11.5 Å². The molecule has 0 bridgehead atoms. The Labute approximate surface area is 165 Å². The van der Waals surface area contributed by atoms with Crippen molar-refractivity contribution in [1.82, 2.24) is 10.7 Å². The van der Waals surface area contributed by atoms with Crippen LogP contribution in [0.4, 0.5) is 10.1 Å². The Kier molecular flexibility index (Phi) is 7.66. The molecule has 0 atom stereocenters. The summed E-state index contributed by atoms with van der Waals surface area (Å²) in [6.45, 7) is -0.288. The first-order valence-electron chi connectivity index (χ1n) is 8.34. The molecule has 0 aliphatic carbocycles. The minimum Gasteiger partial charge on any atom is -0.493 e. The van der Waals surface area contributed by atoms with Crippen LogP contribution >= 0.6 is 0 Å². The lowest BCUT2D eigenvalue weighted by Crippen LogP contribution is -2.35. The van der Waals surface area contributed by atoms with Crippen molar-refractivity contribution in [2.75, 3.05) is 26.1 Å². The van der Waals surface area contributed by atoms with E-state index in [4.69, 9.17) is 9.47 Å². The maximum atomic E-state index is 12.9. The second-order valence-corrected chi connectivity index (χ2v) is 5.53. The van der Waals surface area contributed by atoms with Crippen molar-refractivity contribution in [1.29, 1.82) is 0 Å². The fourth-order valence-corrected chi connectivity index (χ4v) is 2.09. The Balaban J connectivity index is 1.94. The first-order valence-corrected chi connectivity index (χ1v) is 8.34. The SMILES string of the molecule is CNC(=O)C(=O)N/N=C\c1ccc(OCC(=O)Nc2ccc(F)cc2)c(OC)c1. The minimum absolute atomic E-state index is 0.288. The smallest absolute Gasteiger partial charge is 0.329 e. The van der Waals surface area contributed by atoms with E-state index in [1.165, 1.54) is 44.6 Å². The van der Waals surface area contributed by atoms with Crippen molar-refractivity contribution in [3.05, 3.63) is 53.8 Å². The van der Waals surface area contributed by atoms with E-state index in [1.807, 2.05) is 0 Å². The quantitative estimate of drug-likeness (QED) is 0.363. The summed E-state index contributed by atoms with van der Waals surface area (Å²) in [4.78, 5) is 34.3. The number of carbonyl (C=O) groups excluding carboxylic acids is 3. The summed E-state index contributed by atoms with van der Waals surface area (Å²) in [5.41, 5.74) is 3.07. The molecule has 2 rings (SSSR count). The van der Waals surface area contributed by atoms with E-state index in [2.05, 4.69) is 21.2 Å². The number of hydrogen-bond acceptors (Lipinski definition) is 6. The lowest BCUT2D eigenvalue weighted by atomic mass is 10.2. The molecule has 0 radical (unpaired) electrons. The van der Waals surface area contributed by atoms with Gasteiger partial charge in [0.05, 0.1) is 13.3 Å². The van der Waals surface area contributed by atoms with Gasteiger partial charge < -0.3 is 20.1 Å². The van der Waals surface area contributed by atoms with E-state index in [-0.39, 0.29) is 6.61 Å². The maximum absolute atomic E-state index is 12.9. The van der Waals surface area contributed by atoms with Crippen molar-refractivity contribution in [2.45, 2.75) is 0 Å². The number of likely N-dealkylation sites (N-methyl/N-ethyl adjacent to an activating group) is 1. The van der Waals surface area contributed by atoms with E-state index < -0.39 is 23.5 Å². The average Bonchev–Trinajstić information content (AvgIpc) is 2.73. The van der Waals surface area contributed by atoms with Crippen LogP contribution in [0.2, 0.25) is 0 Å². The molecule has 9 nitrogen and oxygen atoms in total. The number of hydrazone groups is 1. The highest BCUT2D eigenvalue weighted by Gasteiger charge is 2.10. The van der Waals surface area contributed by atoms with Crippen LogP contribution in [0.25, 0.3) is 0 Å². The van der Waals surface area contributed by atoms with Crippen LogP contribution in [-0.2, 0) is 14.4 Å². The Morgan fingerprint density at radius 2 is 1.79 bits per heavy atom. The van der Waals surface area contributed by atoms with E-state index in [0.29, 0.717) is 22.7 Å². The highest BCUT2D eigenvalue weighted by atomic mass is 19.1. The number of amides is 3. The number of methoxy groups -OCH3 is 1. The monoisotopic (exact) mass is 402 g/mol. The Bertz CT molecular complexity index is 915. The molecule has 0 aliphatic rings. The number of hydrogen-bond donors (Lipinski definition) is 3. The average molecular weight is 402 g/mol. The van der Waals surface area contributed by atoms with Crippen molar-refractivity contribution in [2.24, 2.45) is 5.10 Å². The first-order chi connectivity index (χ1) is 13.9. The summed E-state index contributed by atoms with van der Waals surface area (Å²) in [6, 6.07) is 10.1. The van der Waals surface area contributed by atoms with Crippen LogP contribution in [0.3, 0.4) is 0 Å². The van der Waals surface area contributed by atoms with E-state index >= 15 is 0 Å². The molecule has 0 saturated heterocycles. The number of halogens is 1. The summed E-state index contributed by atoms with van der Waals surface area (Å²) in [5.74, 6) is -1.90. The second-order valence-electron chi connectivity index (χ2n) is 5.53. The van der Waals surface area contributed by atoms with Gasteiger partial charge in [0.1, 0.15) is 5.82 Å². The lowest BCUT2D eigenvalue weighted by Gasteiger charge is -2.11. The standard InChI is InChI=1S/C19H19FN4O5/c1-21-18(26)19(27)24-22-10-12-3-8-15(16(9-12)28-2)29-11-17(25)23-14-6-4-13(20)5-7-14/h3-10H,11H2,1-2H3,(H,21,26)(H,23,25)(H,24,27)/b22-10-. The third kappa shape index (κ3) is 6.61. The zero-order chi connectivity index (χ0) is 21.2. The van der Waals surface area contributed by atoms with Gasteiger partial charge in [0.15, 0.2) is 18.1 Å². The van der Waals surface area contributed by atoms with Crippen molar-refractivity contribution in [3.8, 4) is 11.5 Å². The second kappa shape index (κ2) is 10.4. The maximum Gasteiger partial charge on any atom is 0.329 e. The molecule has 10 heteroatoms. The number of anilines is 1. The van der Waals surface area contributed by atoms with E-state index in [0.717, 1.165) is 0 Å². The molecule has 3 N–H and O–H groups in total. The highest BCUT2D eigenvalue weighted by molar-refractivity contribution is 6.35. The molecule has 0 heterocycles. The fourth-order valence-electron chi connectivity index (χ4n) is 2.09. The van der Waals surface area contributed by atoms with Gasteiger partial charge >= 0.3 is 11.8 Å². The van der Waals surface area contributed by atoms with Gasteiger partial charge in [-0.15, -0.1) is 0 Å². The Hall–Kier alpha value is -3.95. The Morgan fingerprint density at radius 1 is 1.07 bits per heavy atom. The molecule has 0 spiro atoms. The molecule has 2 aromatic carbocycles. The number of benzene rings is 2. The molecule has 3 amide bonds. The van der Waals surface area contributed by atoms with Crippen LogP contribution in [0.1, 0.15) is 5.56 Å². The summed E-state index contributed by atoms with van der Waals surface area (Å²) in [6.07, 6.45) is 1.31. The van der Waals surface area contributed by atoms with Gasteiger partial charge in [-0.3, -0.25) is 14.4 Å². The van der Waals surface area contributed by atoms with E-state index in [1.54, 1.807) is 18.2 Å². The Morgan fingerprint density at radius 3 is 2.45 bits per heavy atom. The largest absolute Gasteiger partial charge is 0.493 e. The van der Waals surface area contributed by atoms with Gasteiger partial charge in [0, 0.05) is 12.7 Å². The number of carbonyl (C=O) groups is 3. The van der Waals surface area contributed by atoms with Crippen molar-refractivity contribution in [3.63, 3.8) is 0 Å². The first kappa shape index (κ1) is 21.4. The number of nitrogens with zero attached hydrogens (tertiary/aromatic N) is 1. The van der Waals surface area contributed by atoms with Crippen LogP contribution in [-0.4, -0.2) is 44.7 Å². The predicted octanol–water partition coefficient (Wildman–Crippen LogP) is 1.05. The molecule has 0 aliphatic heterocycles. The molecule has 29 heavy (non-hydrogen) atoms. The molecule has 0 fully saturated rings. The van der Waals surface area contributed by atoms with Gasteiger partial charge in [-0.1, -0.05) is 0 Å². The highest BCUT2D eigenvalue weighted by Crippen LogP contribution is 2.27. The number of ether oxygens (including phenoxy) is 2. The zero-order valence-corrected chi connectivity index (χ0v) is 15.7. The molecular weight excluding hydrogens is 383 g/mol. The molecule has 152 valence electrons. The molecule has 0 saturated carbocycles. The van der Waals surface area contributed by atoms with Gasteiger partial charge in [-0.25, -0.2) is 9.82 Å². The van der Waals surface area contributed by atoms with Gasteiger partial charge in [0.2, 0.25) is 0 Å². The van der Waals surface area contributed by atoms with Gasteiger partial charge in [-0.05, 0) is 48.0 Å². The van der Waals surface area contributed by atoms with Crippen LogP contribution < -0.4 is 25.5 Å². The third-order valence-electron chi connectivity index (χ3n) is 3.49. The zero-order valence-electron chi connectivity index (χ0n) is 15.7. The van der Waals surface area contributed by atoms with E-state index in [9.17, 15) is 18.8 Å². The molecular formula is C19H19FN4O5. The third-order valence-corrected chi connectivity index (χ3v) is 3.49. The van der Waals surface area contributed by atoms with Gasteiger partial charge in [0.25, 0.3) is 5.91 Å². The van der Waals surface area contributed by atoms with Crippen molar-refractivity contribution < 1.29 is 28.2 Å². The van der Waals surface area contributed by atoms with Crippen molar-refractivity contribution >= 4 is 29.6 Å². The summed E-state index contributed by atoms with van der Waals surface area (Å²) in [5, 5.41) is 8.41. The number of rotatable bonds is 7.